The Balaban J connectivity index is 2.04. The van der Waals surface area contributed by atoms with Crippen LogP contribution in [0.4, 0.5) is 5.69 Å². The Kier molecular flexibility index (Phi) is 5.65. The zero-order chi connectivity index (χ0) is 20.4. The van der Waals surface area contributed by atoms with E-state index in [1.807, 2.05) is 13.0 Å². The average Bonchev–Trinajstić information content (AvgIpc) is 2.66. The minimum absolute atomic E-state index is 0.0349. The van der Waals surface area contributed by atoms with Crippen molar-refractivity contribution in [1.82, 2.24) is 19.8 Å². The molecule has 28 heavy (non-hydrogen) atoms. The third-order valence-electron chi connectivity index (χ3n) is 4.84. The number of rotatable bonds is 3. The van der Waals surface area contributed by atoms with Gasteiger partial charge in [-0.15, -0.1) is 0 Å². The van der Waals surface area contributed by atoms with Crippen LogP contribution in [0.15, 0.2) is 43.2 Å². The topological polar surface area (TPSA) is 92.4 Å². The van der Waals surface area contributed by atoms with Crippen molar-refractivity contribution in [3.8, 4) is 11.4 Å². The van der Waals surface area contributed by atoms with Crippen molar-refractivity contribution >= 4 is 29.1 Å². The summed E-state index contributed by atoms with van der Waals surface area (Å²) in [4.78, 5) is 36.5. The number of hydrogen-bond acceptors (Lipinski definition) is 5. The van der Waals surface area contributed by atoms with E-state index in [4.69, 9.17) is 17.3 Å². The van der Waals surface area contributed by atoms with Crippen LogP contribution >= 0.6 is 11.6 Å². The maximum Gasteiger partial charge on any atom is 0.246 e. The molecule has 2 amide bonds. The summed E-state index contributed by atoms with van der Waals surface area (Å²) in [6.07, 6.45) is 4.34. The molecule has 7 nitrogen and oxygen atoms in total. The Hall–Kier alpha value is -2.93. The largest absolute Gasteiger partial charge is 0.396 e. The Morgan fingerprint density at radius 2 is 1.89 bits per heavy atom. The highest BCUT2D eigenvalue weighted by atomic mass is 35.5. The highest BCUT2D eigenvalue weighted by molar-refractivity contribution is 6.31. The normalized spacial score (nSPS) is 19.4. The lowest BCUT2D eigenvalue weighted by atomic mass is 9.97. The average molecular weight is 400 g/mol. The summed E-state index contributed by atoms with van der Waals surface area (Å²) >= 11 is 6.35. The minimum Gasteiger partial charge on any atom is -0.396 e. The van der Waals surface area contributed by atoms with Gasteiger partial charge in [0.05, 0.1) is 24.1 Å². The highest BCUT2D eigenvalue weighted by Crippen LogP contribution is 2.33. The van der Waals surface area contributed by atoms with E-state index in [-0.39, 0.29) is 23.9 Å². The first-order chi connectivity index (χ1) is 13.3. The lowest BCUT2D eigenvalue weighted by Crippen LogP contribution is -2.56. The molecule has 2 heterocycles. The van der Waals surface area contributed by atoms with Crippen LogP contribution in [-0.2, 0) is 9.59 Å². The smallest absolute Gasteiger partial charge is 0.246 e. The van der Waals surface area contributed by atoms with Gasteiger partial charge in [0.1, 0.15) is 0 Å². The number of benzene rings is 1. The predicted octanol–water partition coefficient (Wildman–Crippen LogP) is 2.69. The van der Waals surface area contributed by atoms with Gasteiger partial charge < -0.3 is 15.5 Å². The molecule has 2 N–H and O–H groups in total. The van der Waals surface area contributed by atoms with Gasteiger partial charge in [-0.25, -0.2) is 9.97 Å². The van der Waals surface area contributed by atoms with Crippen molar-refractivity contribution in [2.75, 3.05) is 18.8 Å². The number of carbonyl (C=O) groups is 2. The number of halogens is 1. The van der Waals surface area contributed by atoms with Gasteiger partial charge >= 0.3 is 0 Å². The molecule has 2 aromatic rings. The van der Waals surface area contributed by atoms with Gasteiger partial charge in [-0.2, -0.15) is 0 Å². The van der Waals surface area contributed by atoms with Crippen molar-refractivity contribution in [3.05, 3.63) is 53.8 Å². The number of piperazine rings is 1. The summed E-state index contributed by atoms with van der Waals surface area (Å²) in [6.45, 7) is 7.84. The quantitative estimate of drug-likeness (QED) is 0.801. The molecule has 3 rings (SSSR count). The Bertz CT molecular complexity index is 915. The second kappa shape index (κ2) is 7.98. The summed E-state index contributed by atoms with van der Waals surface area (Å²) in [6, 6.07) is 5.00. The Morgan fingerprint density at radius 3 is 2.50 bits per heavy atom. The molecule has 1 saturated heterocycles. The van der Waals surface area contributed by atoms with Crippen LogP contribution in [0.1, 0.15) is 25.5 Å². The van der Waals surface area contributed by atoms with Crippen LogP contribution in [0.2, 0.25) is 5.02 Å². The third kappa shape index (κ3) is 3.99. The Morgan fingerprint density at radius 1 is 1.21 bits per heavy atom. The lowest BCUT2D eigenvalue weighted by molar-refractivity contribution is -0.142. The van der Waals surface area contributed by atoms with Crippen LogP contribution < -0.4 is 5.73 Å². The molecule has 1 aromatic heterocycles. The van der Waals surface area contributed by atoms with E-state index < -0.39 is 0 Å². The molecule has 1 aliphatic rings. The molecule has 2 atom stereocenters. The first-order valence-corrected chi connectivity index (χ1v) is 9.26. The molecule has 0 unspecified atom stereocenters. The fourth-order valence-corrected chi connectivity index (χ4v) is 3.72. The molecule has 0 aliphatic carbocycles. The van der Waals surface area contributed by atoms with Crippen molar-refractivity contribution in [2.45, 2.75) is 25.9 Å². The van der Waals surface area contributed by atoms with Crippen LogP contribution in [0, 0.1) is 0 Å². The zero-order valence-corrected chi connectivity index (χ0v) is 16.6. The molecule has 146 valence electrons. The van der Waals surface area contributed by atoms with Gasteiger partial charge in [0.25, 0.3) is 0 Å². The Labute approximate surface area is 168 Å². The number of hydrogen-bond donors (Lipinski definition) is 1. The van der Waals surface area contributed by atoms with Crippen LogP contribution in [0.25, 0.3) is 11.4 Å². The highest BCUT2D eigenvalue weighted by Gasteiger charge is 2.35. The molecule has 0 bridgehead atoms. The molecule has 1 fully saturated rings. The van der Waals surface area contributed by atoms with Crippen LogP contribution in [-0.4, -0.2) is 50.7 Å². The number of carbonyl (C=O) groups excluding carboxylic acids is 2. The fraction of sp³-hybridized carbons (Fsp3) is 0.300. The molecule has 0 spiro atoms. The van der Waals surface area contributed by atoms with Crippen molar-refractivity contribution < 1.29 is 9.59 Å². The number of nitrogen functional groups attached to an aromatic ring is 1. The molecule has 1 aromatic carbocycles. The van der Waals surface area contributed by atoms with Crippen LogP contribution in [0.5, 0.6) is 0 Å². The van der Waals surface area contributed by atoms with Crippen molar-refractivity contribution in [1.29, 1.82) is 0 Å². The van der Waals surface area contributed by atoms with Gasteiger partial charge in [-0.1, -0.05) is 18.2 Å². The molecule has 0 saturated carbocycles. The fourth-order valence-electron chi connectivity index (χ4n) is 3.48. The van der Waals surface area contributed by atoms with E-state index in [9.17, 15) is 9.59 Å². The lowest BCUT2D eigenvalue weighted by Gasteiger charge is -2.45. The van der Waals surface area contributed by atoms with Gasteiger partial charge in [-0.3, -0.25) is 9.59 Å². The summed E-state index contributed by atoms with van der Waals surface area (Å²) in [5.74, 6) is 0.254. The summed E-state index contributed by atoms with van der Waals surface area (Å²) < 4.78 is 0. The number of anilines is 1. The monoisotopic (exact) mass is 399 g/mol. The van der Waals surface area contributed by atoms with E-state index in [1.165, 1.54) is 25.4 Å². The standard InChI is InChI=1S/C20H22ClN5O2/c1-4-19(28)26-10-12(2)25(13(3)27)11-18(26)14-5-15(7-16(21)6-14)20-23-8-17(22)9-24-20/h4-9,12,18H,1,10-11,22H2,2-3H3/t12-,18-/m1/s1. The second-order valence-electron chi connectivity index (χ2n) is 6.84. The SMILES string of the molecule is C=CC(=O)N1C[C@@H](C)N(C(C)=O)C[C@@H]1c1cc(Cl)cc(-c2ncc(N)cn2)c1. The molecule has 0 radical (unpaired) electrons. The zero-order valence-electron chi connectivity index (χ0n) is 15.8. The van der Waals surface area contributed by atoms with Gasteiger partial charge in [0, 0.05) is 36.6 Å². The van der Waals surface area contributed by atoms with Gasteiger partial charge in [0.15, 0.2) is 5.82 Å². The van der Waals surface area contributed by atoms with Gasteiger partial charge in [-0.05, 0) is 36.8 Å². The third-order valence-corrected chi connectivity index (χ3v) is 5.05. The van der Waals surface area contributed by atoms with E-state index in [1.54, 1.807) is 21.9 Å². The summed E-state index contributed by atoms with van der Waals surface area (Å²) in [5, 5.41) is 0.493. The first-order valence-electron chi connectivity index (χ1n) is 8.88. The maximum atomic E-state index is 12.5. The van der Waals surface area contributed by atoms with E-state index in [0.29, 0.717) is 35.2 Å². The molecule has 1 aliphatic heterocycles. The number of aromatic nitrogens is 2. The van der Waals surface area contributed by atoms with Gasteiger partial charge in [0.2, 0.25) is 11.8 Å². The number of nitrogens with zero attached hydrogens (tertiary/aromatic N) is 4. The van der Waals surface area contributed by atoms with E-state index in [0.717, 1.165) is 5.56 Å². The van der Waals surface area contributed by atoms with Crippen molar-refractivity contribution in [3.63, 3.8) is 0 Å². The molecule has 8 heteroatoms. The number of nitrogens with two attached hydrogens (primary N) is 1. The second-order valence-corrected chi connectivity index (χ2v) is 7.28. The molecular formula is C20H22ClN5O2. The first kappa shape index (κ1) is 19.8. The predicted molar refractivity (Wildman–Crippen MR) is 108 cm³/mol. The maximum absolute atomic E-state index is 12.5. The summed E-state index contributed by atoms with van der Waals surface area (Å²) in [7, 11) is 0. The van der Waals surface area contributed by atoms with E-state index >= 15 is 0 Å². The summed E-state index contributed by atoms with van der Waals surface area (Å²) in [5.41, 5.74) is 7.64. The molecular weight excluding hydrogens is 378 g/mol. The number of amides is 2. The van der Waals surface area contributed by atoms with E-state index in [2.05, 4.69) is 16.5 Å². The minimum atomic E-state index is -0.350. The van der Waals surface area contributed by atoms with Crippen LogP contribution in [0.3, 0.4) is 0 Å². The van der Waals surface area contributed by atoms with Crippen molar-refractivity contribution in [2.24, 2.45) is 0 Å².